The van der Waals surface area contributed by atoms with Crippen LogP contribution in [0.15, 0.2) is 146 Å². The minimum absolute atomic E-state index is 0.159. The highest BCUT2D eigenvalue weighted by molar-refractivity contribution is 6.10. The van der Waals surface area contributed by atoms with Crippen LogP contribution in [0.2, 0.25) is 0 Å². The zero-order chi connectivity index (χ0) is 71.9. The van der Waals surface area contributed by atoms with Crippen LogP contribution in [0.3, 0.4) is 0 Å². The number of benzene rings is 8. The molecule has 0 saturated carbocycles. The Bertz CT molecular complexity index is 4950. The van der Waals surface area contributed by atoms with Gasteiger partial charge in [0.2, 0.25) is 0 Å². The normalized spacial score (nSPS) is 13.2. The molecule has 0 atom stereocenters. The largest absolute Gasteiger partial charge is 0.456 e. The van der Waals surface area contributed by atoms with E-state index in [0.717, 1.165) is 89.4 Å². The lowest BCUT2D eigenvalue weighted by atomic mass is 9.81. The van der Waals surface area contributed by atoms with Crippen LogP contribution in [0.5, 0.6) is 46.0 Å². The molecule has 2 aliphatic heterocycles. The Labute approximate surface area is 590 Å². The van der Waals surface area contributed by atoms with E-state index in [4.69, 9.17) is 48.9 Å². The molecule has 2 aliphatic rings. The predicted octanol–water partition coefficient (Wildman–Crippen LogP) is 24.4. The van der Waals surface area contributed by atoms with Gasteiger partial charge >= 0.3 is 0 Å². The summed E-state index contributed by atoms with van der Waals surface area (Å²) < 4.78 is 29.5. The average molecular weight is 1330 g/mol. The lowest BCUT2D eigenvalue weighted by Crippen LogP contribution is -2.16. The van der Waals surface area contributed by atoms with Gasteiger partial charge in [0.1, 0.15) is 68.6 Å². The van der Waals surface area contributed by atoms with E-state index in [1.165, 1.54) is 0 Å². The van der Waals surface area contributed by atoms with E-state index in [9.17, 15) is 0 Å². The van der Waals surface area contributed by atoms with Crippen molar-refractivity contribution in [2.45, 2.75) is 209 Å². The monoisotopic (exact) mass is 1330 g/mol. The second-order valence-electron chi connectivity index (χ2n) is 35.6. The number of nitrogens with one attached hydrogen (secondary N) is 2. The third-order valence-corrected chi connectivity index (χ3v) is 19.3. The van der Waals surface area contributed by atoms with Crippen molar-refractivity contribution in [3.8, 4) is 91.5 Å². The molecule has 11 aromatic rings. The Morgan fingerprint density at radius 3 is 0.780 bits per heavy atom. The first-order chi connectivity index (χ1) is 46.6. The van der Waals surface area contributed by atoms with Gasteiger partial charge in [-0.3, -0.25) is 0 Å². The quantitative estimate of drug-likeness (QED) is 0.151. The first-order valence-electron chi connectivity index (χ1n) is 35.2. The molecule has 2 N–H and O–H groups in total. The number of aromatic nitrogens is 8. The van der Waals surface area contributed by atoms with Crippen LogP contribution < -0.4 is 18.9 Å². The summed E-state index contributed by atoms with van der Waals surface area (Å²) in [6.07, 6.45) is 0. The number of rotatable bonds is 8. The zero-order valence-corrected chi connectivity index (χ0v) is 63.2. The van der Waals surface area contributed by atoms with Gasteiger partial charge in [0.15, 0.2) is 23.3 Å². The summed E-state index contributed by atoms with van der Waals surface area (Å²) in [6.45, 7) is 53.3. The Hall–Kier alpha value is -9.68. The lowest BCUT2D eigenvalue weighted by Gasteiger charge is -2.27. The van der Waals surface area contributed by atoms with E-state index in [1.807, 2.05) is 60.7 Å². The molecular formula is C88H98N8O4. The van der Waals surface area contributed by atoms with Crippen molar-refractivity contribution in [1.82, 2.24) is 39.9 Å². The fourth-order valence-corrected chi connectivity index (χ4v) is 13.4. The number of H-pyrrole nitrogens is 2. The van der Waals surface area contributed by atoms with Gasteiger partial charge in [0, 0.05) is 44.2 Å². The van der Waals surface area contributed by atoms with Gasteiger partial charge in [0.25, 0.3) is 0 Å². The number of aromatic amines is 2. The van der Waals surface area contributed by atoms with E-state index in [1.54, 1.807) is 0 Å². The number of hydrogen-bond acceptors (Lipinski definition) is 10. The van der Waals surface area contributed by atoms with Crippen LogP contribution in [0.4, 0.5) is 0 Å². The summed E-state index contributed by atoms with van der Waals surface area (Å²) in [5.74, 6) is 6.87. The van der Waals surface area contributed by atoms with Crippen LogP contribution in [0, 0.1) is 0 Å². The Morgan fingerprint density at radius 1 is 0.240 bits per heavy atom. The molecule has 0 spiro atoms. The fraction of sp³-hybridized carbons (Fsp3) is 0.364. The van der Waals surface area contributed by atoms with Crippen LogP contribution in [-0.4, -0.2) is 39.9 Å². The van der Waals surface area contributed by atoms with E-state index in [-0.39, 0.29) is 43.3 Å². The predicted molar refractivity (Wildman–Crippen MR) is 412 cm³/mol. The second-order valence-corrected chi connectivity index (χ2v) is 35.6. The van der Waals surface area contributed by atoms with Crippen molar-refractivity contribution in [3.05, 3.63) is 190 Å². The van der Waals surface area contributed by atoms with E-state index in [0.29, 0.717) is 90.8 Å². The molecule has 0 radical (unpaired) electrons. The zero-order valence-electron chi connectivity index (χ0n) is 63.2. The average Bonchev–Trinajstić information content (AvgIpc) is 1.58. The van der Waals surface area contributed by atoms with Gasteiger partial charge < -0.3 is 28.9 Å². The summed E-state index contributed by atoms with van der Waals surface area (Å²) in [6, 6.07) is 50.7. The molecular weight excluding hydrogens is 1230 g/mol. The molecule has 8 bridgehead atoms. The number of ether oxygens (including phenoxy) is 4. The Kier molecular flexibility index (Phi) is 16.5. The highest BCUT2D eigenvalue weighted by atomic mass is 16.5. The van der Waals surface area contributed by atoms with Crippen molar-refractivity contribution in [2.24, 2.45) is 0 Å². The Balaban J connectivity index is 1.16. The Morgan fingerprint density at radius 2 is 0.500 bits per heavy atom. The smallest absolute Gasteiger partial charge is 0.168 e. The molecule has 514 valence electrons. The summed E-state index contributed by atoms with van der Waals surface area (Å²) in [7, 11) is 0. The molecule has 100 heavy (non-hydrogen) atoms. The minimum Gasteiger partial charge on any atom is -0.456 e. The van der Waals surface area contributed by atoms with Gasteiger partial charge in [0.05, 0.1) is 21.9 Å². The standard InChI is InChI=1S/C88H98N8O4/c1-81(2,3)49-37-41-57(85(13,14)15)65(45-49)97-61-33-25-29-53-69(61)77-89-73(53)94-78-71-55(31-27-35-63(71)99-67-47-51(83(7,8)9)39-43-59(67)87(19,20)21)75(91-78)96-80-72-56(32-28-36-64(72)100-68-48-52(84(10,11)12)40-44-60(68)88(22,23)24)76(92-80)95-79-70-54(74(90-79)93-77)30-26-34-62(70)98-66-46-50(82(4,5)6)38-42-58(66)86(16,17)18/h25-48H,1-24H3,(H2,89,90,91,92,93,94,95,96). The van der Waals surface area contributed by atoms with E-state index in [2.05, 4.69) is 261 Å². The second kappa shape index (κ2) is 24.0. The number of hydrogen-bond donors (Lipinski definition) is 2. The van der Waals surface area contributed by atoms with Crippen molar-refractivity contribution >= 4 is 44.1 Å². The van der Waals surface area contributed by atoms with Crippen LogP contribution in [-0.2, 0) is 43.3 Å². The highest BCUT2D eigenvalue weighted by Crippen LogP contribution is 2.50. The third kappa shape index (κ3) is 13.1. The molecule has 0 fully saturated rings. The number of fused-ring (bicyclic) bond motifs is 20. The molecule has 0 aliphatic carbocycles. The fourth-order valence-electron chi connectivity index (χ4n) is 13.4. The molecule has 12 heteroatoms. The molecule has 3 aromatic heterocycles. The van der Waals surface area contributed by atoms with Gasteiger partial charge in [-0.25, -0.2) is 29.9 Å². The first kappa shape index (κ1) is 68.8. The van der Waals surface area contributed by atoms with Crippen LogP contribution >= 0.6 is 0 Å². The summed E-state index contributed by atoms with van der Waals surface area (Å²) in [5, 5.41) is 2.89. The van der Waals surface area contributed by atoms with Crippen LogP contribution in [0.25, 0.3) is 89.7 Å². The maximum absolute atomic E-state index is 7.37. The van der Waals surface area contributed by atoms with Crippen molar-refractivity contribution in [1.29, 1.82) is 0 Å². The van der Waals surface area contributed by atoms with E-state index >= 15 is 0 Å². The lowest BCUT2D eigenvalue weighted by molar-refractivity contribution is 0.453. The molecule has 8 aromatic carbocycles. The summed E-state index contributed by atoms with van der Waals surface area (Å²) in [4.78, 5) is 41.2. The molecule has 0 saturated heterocycles. The summed E-state index contributed by atoms with van der Waals surface area (Å²) in [5.41, 5.74) is 11.8. The van der Waals surface area contributed by atoms with E-state index < -0.39 is 0 Å². The molecule has 5 heterocycles. The topological polar surface area (TPSA) is 146 Å². The highest BCUT2D eigenvalue weighted by Gasteiger charge is 2.33. The third-order valence-electron chi connectivity index (χ3n) is 19.3. The van der Waals surface area contributed by atoms with Gasteiger partial charge in [-0.15, -0.1) is 0 Å². The van der Waals surface area contributed by atoms with Crippen LogP contribution in [0.1, 0.15) is 211 Å². The number of nitrogens with zero attached hydrogens (tertiary/aromatic N) is 6. The minimum atomic E-state index is -0.268. The maximum Gasteiger partial charge on any atom is 0.168 e. The SMILES string of the molecule is CC(C)(C)c1ccc(C(C)(C)C)c(Oc2cccc3c2-c2nc-3nc3[nH]c(nc4nc(nc5[nH]c(n2)c2cccc(Oc6cc(C(C)(C)C)ccc6C(C)(C)C)c52)-c2cccc(Oc5cc(C(C)(C)C)ccc5C(C)(C)C)c2-4)c2cccc(Oc4cc(C(C)(C)C)ccc4C(C)(C)C)c32)c1. The molecule has 13 rings (SSSR count). The molecule has 0 unspecified atom stereocenters. The molecule has 0 amide bonds. The van der Waals surface area contributed by atoms with Gasteiger partial charge in [-0.1, -0.05) is 263 Å². The summed E-state index contributed by atoms with van der Waals surface area (Å²) >= 11 is 0. The van der Waals surface area contributed by atoms with Crippen molar-refractivity contribution in [3.63, 3.8) is 0 Å². The van der Waals surface area contributed by atoms with Crippen molar-refractivity contribution in [2.75, 3.05) is 0 Å². The maximum atomic E-state index is 7.37. The molecule has 12 nitrogen and oxygen atoms in total. The van der Waals surface area contributed by atoms with Gasteiger partial charge in [-0.2, -0.15) is 0 Å². The first-order valence-corrected chi connectivity index (χ1v) is 35.2. The van der Waals surface area contributed by atoms with Crippen molar-refractivity contribution < 1.29 is 18.9 Å². The van der Waals surface area contributed by atoms with Gasteiger partial charge in [-0.05, 0) is 114 Å².